The van der Waals surface area contributed by atoms with Gasteiger partial charge in [-0.1, -0.05) is 11.8 Å². The van der Waals surface area contributed by atoms with Gasteiger partial charge in [0.2, 0.25) is 0 Å². The maximum Gasteiger partial charge on any atom is 0.313 e. The Labute approximate surface area is 118 Å². The number of carboxylic acid groups (broad SMARTS) is 1. The van der Waals surface area contributed by atoms with Gasteiger partial charge in [-0.3, -0.25) is 4.79 Å². The second-order valence-electron chi connectivity index (χ2n) is 5.45. The third kappa shape index (κ3) is 3.12. The first-order valence-electron chi connectivity index (χ1n) is 6.49. The fourth-order valence-corrected chi connectivity index (χ4v) is 3.27. The van der Waals surface area contributed by atoms with Crippen LogP contribution in [0.5, 0.6) is 0 Å². The van der Waals surface area contributed by atoms with Crippen molar-refractivity contribution in [3.05, 3.63) is 11.9 Å². The fourth-order valence-electron chi connectivity index (χ4n) is 2.53. The standard InChI is InChI=1S/C13H21N3O2S/c1-10-7-16(12(14-10)19-8-11(17)18)9-13(15(2)3)5-4-6-13/h7H,4-6,8-9H2,1-3H3,(H,17,18). The Balaban J connectivity index is 2.13. The molecule has 1 N–H and O–H groups in total. The molecule has 1 aromatic heterocycles. The van der Waals surface area contributed by atoms with Gasteiger partial charge in [0.25, 0.3) is 0 Å². The molecule has 1 fully saturated rings. The molecule has 0 unspecified atom stereocenters. The molecule has 19 heavy (non-hydrogen) atoms. The van der Waals surface area contributed by atoms with E-state index in [0.29, 0.717) is 0 Å². The highest BCUT2D eigenvalue weighted by Crippen LogP contribution is 2.38. The topological polar surface area (TPSA) is 58.4 Å². The van der Waals surface area contributed by atoms with E-state index in [9.17, 15) is 4.79 Å². The Bertz CT molecular complexity index is 466. The molecule has 1 aliphatic rings. The molecule has 0 bridgehead atoms. The summed E-state index contributed by atoms with van der Waals surface area (Å²) in [6.45, 7) is 2.84. The van der Waals surface area contributed by atoms with Crippen LogP contribution in [0.3, 0.4) is 0 Å². The molecule has 1 heterocycles. The van der Waals surface area contributed by atoms with Crippen LogP contribution in [0, 0.1) is 6.92 Å². The van der Waals surface area contributed by atoms with E-state index in [0.717, 1.165) is 17.4 Å². The molecule has 1 aromatic rings. The lowest BCUT2D eigenvalue weighted by Crippen LogP contribution is -2.53. The van der Waals surface area contributed by atoms with E-state index >= 15 is 0 Å². The Kier molecular flexibility index (Phi) is 4.20. The van der Waals surface area contributed by atoms with Crippen molar-refractivity contribution < 1.29 is 9.90 Å². The average Bonchev–Trinajstić information content (AvgIpc) is 2.60. The zero-order chi connectivity index (χ0) is 14.0. The molecule has 0 aliphatic heterocycles. The molecule has 6 heteroatoms. The lowest BCUT2D eigenvalue weighted by Gasteiger charge is -2.47. The minimum absolute atomic E-state index is 0.0609. The number of carboxylic acids is 1. The average molecular weight is 283 g/mol. The molecule has 106 valence electrons. The maximum absolute atomic E-state index is 10.7. The molecule has 0 radical (unpaired) electrons. The fraction of sp³-hybridized carbons (Fsp3) is 0.692. The van der Waals surface area contributed by atoms with Crippen molar-refractivity contribution in [2.75, 3.05) is 19.8 Å². The first-order chi connectivity index (χ1) is 8.93. The highest BCUT2D eigenvalue weighted by atomic mass is 32.2. The first kappa shape index (κ1) is 14.4. The van der Waals surface area contributed by atoms with Crippen LogP contribution in [0.2, 0.25) is 0 Å². The summed E-state index contributed by atoms with van der Waals surface area (Å²) in [7, 11) is 4.24. The van der Waals surface area contributed by atoms with Gasteiger partial charge in [0.15, 0.2) is 5.16 Å². The van der Waals surface area contributed by atoms with Gasteiger partial charge in [-0.25, -0.2) is 4.98 Å². The molecule has 2 rings (SSSR count). The second kappa shape index (κ2) is 5.54. The summed E-state index contributed by atoms with van der Waals surface area (Å²) in [5, 5.41) is 9.60. The van der Waals surface area contributed by atoms with Crippen molar-refractivity contribution in [1.82, 2.24) is 14.5 Å². The lowest BCUT2D eigenvalue weighted by molar-refractivity contribution is -0.133. The van der Waals surface area contributed by atoms with E-state index in [1.54, 1.807) is 0 Å². The number of aromatic nitrogens is 2. The Morgan fingerprint density at radius 3 is 2.74 bits per heavy atom. The Morgan fingerprint density at radius 2 is 2.26 bits per heavy atom. The van der Waals surface area contributed by atoms with Crippen LogP contribution in [-0.4, -0.2) is 50.9 Å². The third-order valence-electron chi connectivity index (χ3n) is 3.88. The van der Waals surface area contributed by atoms with E-state index in [4.69, 9.17) is 5.11 Å². The molecular weight excluding hydrogens is 262 g/mol. The highest BCUT2D eigenvalue weighted by molar-refractivity contribution is 7.99. The quantitative estimate of drug-likeness (QED) is 0.807. The summed E-state index contributed by atoms with van der Waals surface area (Å²) in [4.78, 5) is 17.4. The number of carbonyl (C=O) groups is 1. The molecule has 1 saturated carbocycles. The summed E-state index contributed by atoms with van der Waals surface area (Å²) in [5.41, 5.74) is 1.16. The lowest BCUT2D eigenvalue weighted by atomic mass is 9.75. The SMILES string of the molecule is Cc1cn(CC2(N(C)C)CCC2)c(SCC(=O)O)n1. The molecular formula is C13H21N3O2S. The molecule has 0 atom stereocenters. The van der Waals surface area contributed by atoms with Crippen LogP contribution in [-0.2, 0) is 11.3 Å². The van der Waals surface area contributed by atoms with Crippen molar-refractivity contribution in [3.63, 3.8) is 0 Å². The van der Waals surface area contributed by atoms with Gasteiger partial charge < -0.3 is 14.6 Å². The van der Waals surface area contributed by atoms with Gasteiger partial charge in [-0.2, -0.15) is 0 Å². The molecule has 1 aliphatic carbocycles. The number of nitrogens with zero attached hydrogens (tertiary/aromatic N) is 3. The van der Waals surface area contributed by atoms with Crippen LogP contribution >= 0.6 is 11.8 Å². The molecule has 0 aromatic carbocycles. The van der Waals surface area contributed by atoms with Crippen molar-refractivity contribution in [2.24, 2.45) is 0 Å². The number of rotatable bonds is 6. The van der Waals surface area contributed by atoms with Gasteiger partial charge in [-0.15, -0.1) is 0 Å². The van der Waals surface area contributed by atoms with E-state index < -0.39 is 5.97 Å². The van der Waals surface area contributed by atoms with Crippen LogP contribution in [0.25, 0.3) is 0 Å². The number of hydrogen-bond donors (Lipinski definition) is 1. The monoisotopic (exact) mass is 283 g/mol. The number of aryl methyl sites for hydroxylation is 1. The smallest absolute Gasteiger partial charge is 0.313 e. The second-order valence-corrected chi connectivity index (χ2v) is 6.39. The van der Waals surface area contributed by atoms with Crippen LogP contribution < -0.4 is 0 Å². The van der Waals surface area contributed by atoms with Gasteiger partial charge >= 0.3 is 5.97 Å². The van der Waals surface area contributed by atoms with Crippen molar-refractivity contribution in [3.8, 4) is 0 Å². The van der Waals surface area contributed by atoms with Crippen molar-refractivity contribution in [1.29, 1.82) is 0 Å². The summed E-state index contributed by atoms with van der Waals surface area (Å²) >= 11 is 1.30. The normalized spacial score (nSPS) is 17.5. The number of thioether (sulfide) groups is 1. The van der Waals surface area contributed by atoms with E-state index in [1.165, 1.54) is 31.0 Å². The summed E-state index contributed by atoms with van der Waals surface area (Å²) in [6.07, 6.45) is 5.68. The predicted molar refractivity (Wildman–Crippen MR) is 75.6 cm³/mol. The summed E-state index contributed by atoms with van der Waals surface area (Å²) in [5.74, 6) is -0.742. The van der Waals surface area contributed by atoms with E-state index in [-0.39, 0.29) is 11.3 Å². The summed E-state index contributed by atoms with van der Waals surface area (Å²) < 4.78 is 2.11. The number of likely N-dealkylation sites (N-methyl/N-ethyl adjacent to an activating group) is 1. The van der Waals surface area contributed by atoms with Gasteiger partial charge in [0.05, 0.1) is 11.4 Å². The van der Waals surface area contributed by atoms with Crippen LogP contribution in [0.4, 0.5) is 0 Å². The zero-order valence-electron chi connectivity index (χ0n) is 11.7. The highest BCUT2D eigenvalue weighted by Gasteiger charge is 2.39. The van der Waals surface area contributed by atoms with E-state index in [2.05, 4.69) is 28.5 Å². The molecule has 0 spiro atoms. The summed E-state index contributed by atoms with van der Waals surface area (Å²) in [6, 6.07) is 0. The Hall–Kier alpha value is -1.01. The Morgan fingerprint density at radius 1 is 1.58 bits per heavy atom. The van der Waals surface area contributed by atoms with Crippen LogP contribution in [0.1, 0.15) is 25.0 Å². The number of imidazole rings is 1. The minimum atomic E-state index is -0.803. The van der Waals surface area contributed by atoms with Gasteiger partial charge in [0.1, 0.15) is 0 Å². The van der Waals surface area contributed by atoms with Crippen molar-refractivity contribution >= 4 is 17.7 Å². The zero-order valence-corrected chi connectivity index (χ0v) is 12.5. The first-order valence-corrected chi connectivity index (χ1v) is 7.47. The third-order valence-corrected chi connectivity index (χ3v) is 4.86. The van der Waals surface area contributed by atoms with E-state index in [1.807, 2.05) is 13.1 Å². The van der Waals surface area contributed by atoms with Crippen molar-refractivity contribution in [2.45, 2.75) is 43.4 Å². The largest absolute Gasteiger partial charge is 0.481 e. The molecule has 0 amide bonds. The van der Waals surface area contributed by atoms with Gasteiger partial charge in [-0.05, 0) is 40.3 Å². The van der Waals surface area contributed by atoms with Gasteiger partial charge in [0, 0.05) is 18.3 Å². The predicted octanol–water partition coefficient (Wildman–Crippen LogP) is 1.85. The number of aliphatic carboxylic acids is 1. The minimum Gasteiger partial charge on any atom is -0.481 e. The number of hydrogen-bond acceptors (Lipinski definition) is 4. The molecule has 0 saturated heterocycles. The molecule has 5 nitrogen and oxygen atoms in total. The van der Waals surface area contributed by atoms with Crippen LogP contribution in [0.15, 0.2) is 11.4 Å². The maximum atomic E-state index is 10.7.